The van der Waals surface area contributed by atoms with Gasteiger partial charge in [-0.05, 0) is 48.6 Å². The predicted octanol–water partition coefficient (Wildman–Crippen LogP) is 4.16. The minimum absolute atomic E-state index is 0.0339. The molecule has 2 aromatic rings. The number of benzene rings is 1. The monoisotopic (exact) mass is 350 g/mol. The maximum atomic E-state index is 12.6. The molecule has 1 aliphatic rings. The molecule has 1 aliphatic carbocycles. The van der Waals surface area contributed by atoms with Gasteiger partial charge in [-0.2, -0.15) is 0 Å². The molecule has 1 amide bonds. The van der Waals surface area contributed by atoms with Gasteiger partial charge in [0.1, 0.15) is 0 Å². The molecule has 3 rings (SSSR count). The normalized spacial score (nSPS) is 14.8. The molecular formula is C22H26N2O2. The first-order chi connectivity index (χ1) is 12.6. The van der Waals surface area contributed by atoms with Gasteiger partial charge in [-0.25, -0.2) is 0 Å². The number of pyridine rings is 1. The van der Waals surface area contributed by atoms with Crippen molar-refractivity contribution in [3.8, 4) is 0 Å². The zero-order valence-electron chi connectivity index (χ0n) is 15.4. The lowest BCUT2D eigenvalue weighted by Crippen LogP contribution is -2.32. The molecule has 1 aromatic carbocycles. The molecule has 0 aliphatic heterocycles. The van der Waals surface area contributed by atoms with Gasteiger partial charge < -0.3 is 4.90 Å². The van der Waals surface area contributed by atoms with Gasteiger partial charge in [-0.3, -0.25) is 14.6 Å². The van der Waals surface area contributed by atoms with Crippen LogP contribution in [0.15, 0.2) is 48.8 Å². The van der Waals surface area contributed by atoms with Crippen LogP contribution in [0.4, 0.5) is 0 Å². The van der Waals surface area contributed by atoms with Crippen molar-refractivity contribution < 1.29 is 9.59 Å². The number of aromatic nitrogens is 1. The number of nitrogens with zero attached hydrogens (tertiary/aromatic N) is 2. The van der Waals surface area contributed by atoms with Crippen LogP contribution in [0.2, 0.25) is 0 Å². The molecule has 1 aromatic heterocycles. The average Bonchev–Trinajstić information content (AvgIpc) is 2.69. The molecule has 1 saturated carbocycles. The van der Waals surface area contributed by atoms with Crippen LogP contribution >= 0.6 is 0 Å². The Morgan fingerprint density at radius 1 is 1.04 bits per heavy atom. The molecule has 0 radical (unpaired) electrons. The quantitative estimate of drug-likeness (QED) is 0.735. The lowest BCUT2D eigenvalue weighted by atomic mass is 9.89. The highest BCUT2D eigenvalue weighted by Gasteiger charge is 2.19. The van der Waals surface area contributed by atoms with Crippen molar-refractivity contribution in [3.63, 3.8) is 0 Å². The number of amides is 1. The Labute approximate surface area is 155 Å². The summed E-state index contributed by atoms with van der Waals surface area (Å²) in [6.45, 7) is 0.833. The van der Waals surface area contributed by atoms with E-state index in [2.05, 4.69) is 4.98 Å². The van der Waals surface area contributed by atoms with Crippen molar-refractivity contribution in [2.45, 2.75) is 38.5 Å². The van der Waals surface area contributed by atoms with E-state index >= 15 is 0 Å². The second-order valence-corrected chi connectivity index (χ2v) is 7.23. The Kier molecular flexibility index (Phi) is 6.16. The lowest BCUT2D eigenvalue weighted by molar-refractivity contribution is 0.0760. The molecule has 0 bridgehead atoms. The predicted molar refractivity (Wildman–Crippen MR) is 102 cm³/mol. The summed E-state index contributed by atoms with van der Waals surface area (Å²) >= 11 is 0. The number of carbonyl (C=O) groups excluding carboxylic acids is 2. The molecule has 0 atom stereocenters. The largest absolute Gasteiger partial charge is 0.341 e. The van der Waals surface area contributed by atoms with Gasteiger partial charge in [0.25, 0.3) is 5.91 Å². The van der Waals surface area contributed by atoms with Gasteiger partial charge >= 0.3 is 0 Å². The topological polar surface area (TPSA) is 50.3 Å². The minimum atomic E-state index is 0.0339. The van der Waals surface area contributed by atoms with Crippen molar-refractivity contribution in [3.05, 3.63) is 65.5 Å². The van der Waals surface area contributed by atoms with E-state index in [1.54, 1.807) is 24.5 Å². The fourth-order valence-corrected chi connectivity index (χ4v) is 3.64. The Bertz CT molecular complexity index is 734. The fourth-order valence-electron chi connectivity index (χ4n) is 3.64. The van der Waals surface area contributed by atoms with E-state index in [1.165, 1.54) is 32.1 Å². The van der Waals surface area contributed by atoms with Gasteiger partial charge in [0, 0.05) is 43.5 Å². The van der Waals surface area contributed by atoms with Crippen molar-refractivity contribution in [2.24, 2.45) is 5.92 Å². The summed E-state index contributed by atoms with van der Waals surface area (Å²) in [4.78, 5) is 30.7. The molecule has 26 heavy (non-hydrogen) atoms. The summed E-state index contributed by atoms with van der Waals surface area (Å²) in [7, 11) is 1.89. The molecule has 1 fully saturated rings. The molecule has 0 saturated heterocycles. The van der Waals surface area contributed by atoms with Crippen LogP contribution in [-0.4, -0.2) is 35.2 Å². The maximum absolute atomic E-state index is 12.6. The van der Waals surface area contributed by atoms with Crippen LogP contribution in [0.1, 0.15) is 58.4 Å². The zero-order chi connectivity index (χ0) is 18.4. The first kappa shape index (κ1) is 18.3. The number of Topliss-reactive ketones (excluding diaryl/α,β-unsaturated/α-hetero) is 1. The summed E-state index contributed by atoms with van der Waals surface area (Å²) in [5.74, 6) is 0.723. The Morgan fingerprint density at radius 2 is 1.77 bits per heavy atom. The van der Waals surface area contributed by atoms with Crippen LogP contribution in [0.25, 0.3) is 0 Å². The summed E-state index contributed by atoms with van der Waals surface area (Å²) in [5.41, 5.74) is 2.20. The summed E-state index contributed by atoms with van der Waals surface area (Å²) in [5, 5.41) is 0. The van der Waals surface area contributed by atoms with Crippen molar-refractivity contribution in [1.82, 2.24) is 9.88 Å². The Hall–Kier alpha value is -2.49. The minimum Gasteiger partial charge on any atom is -0.341 e. The van der Waals surface area contributed by atoms with Crippen LogP contribution in [0, 0.1) is 5.92 Å². The van der Waals surface area contributed by atoms with E-state index in [0.717, 1.165) is 12.1 Å². The SMILES string of the molecule is CN(CC1CCCCC1)C(=O)c1ccc(CC(=O)c2cccnc2)cc1. The Morgan fingerprint density at radius 3 is 2.42 bits per heavy atom. The highest BCUT2D eigenvalue weighted by molar-refractivity contribution is 5.97. The smallest absolute Gasteiger partial charge is 0.253 e. The highest BCUT2D eigenvalue weighted by Crippen LogP contribution is 2.24. The third kappa shape index (κ3) is 4.78. The summed E-state index contributed by atoms with van der Waals surface area (Å²) in [6.07, 6.45) is 9.91. The average molecular weight is 350 g/mol. The molecule has 0 spiro atoms. The highest BCUT2D eigenvalue weighted by atomic mass is 16.2. The van der Waals surface area contributed by atoms with Crippen LogP contribution < -0.4 is 0 Å². The molecular weight excluding hydrogens is 324 g/mol. The number of hydrogen-bond donors (Lipinski definition) is 0. The maximum Gasteiger partial charge on any atom is 0.253 e. The Balaban J connectivity index is 1.57. The first-order valence-electron chi connectivity index (χ1n) is 9.41. The molecule has 136 valence electrons. The van der Waals surface area contributed by atoms with Crippen LogP contribution in [-0.2, 0) is 6.42 Å². The number of rotatable bonds is 6. The molecule has 0 unspecified atom stereocenters. The van der Waals surface area contributed by atoms with Gasteiger partial charge in [-0.15, -0.1) is 0 Å². The van der Waals surface area contributed by atoms with E-state index < -0.39 is 0 Å². The molecule has 4 nitrogen and oxygen atoms in total. The van der Waals surface area contributed by atoms with E-state index in [1.807, 2.05) is 36.2 Å². The molecule has 0 N–H and O–H groups in total. The van der Waals surface area contributed by atoms with Gasteiger partial charge in [0.05, 0.1) is 0 Å². The zero-order valence-corrected chi connectivity index (χ0v) is 15.4. The summed E-state index contributed by atoms with van der Waals surface area (Å²) in [6, 6.07) is 10.9. The molecule has 4 heteroatoms. The van der Waals surface area contributed by atoms with E-state index in [-0.39, 0.29) is 11.7 Å². The fraction of sp³-hybridized carbons (Fsp3) is 0.409. The third-order valence-electron chi connectivity index (χ3n) is 5.15. The van der Waals surface area contributed by atoms with Gasteiger partial charge in [0.15, 0.2) is 5.78 Å². The number of carbonyl (C=O) groups is 2. The van der Waals surface area contributed by atoms with Crippen molar-refractivity contribution in [2.75, 3.05) is 13.6 Å². The number of hydrogen-bond acceptors (Lipinski definition) is 3. The van der Waals surface area contributed by atoms with Gasteiger partial charge in [-0.1, -0.05) is 31.4 Å². The van der Waals surface area contributed by atoms with Crippen molar-refractivity contribution in [1.29, 1.82) is 0 Å². The van der Waals surface area contributed by atoms with E-state index in [0.29, 0.717) is 23.5 Å². The standard InChI is InChI=1S/C22H26N2O2/c1-24(16-18-6-3-2-4-7-18)22(26)19-11-9-17(10-12-19)14-21(25)20-8-5-13-23-15-20/h5,8-13,15,18H,2-4,6-7,14,16H2,1H3. The van der Waals surface area contributed by atoms with Crippen LogP contribution in [0.3, 0.4) is 0 Å². The third-order valence-corrected chi connectivity index (χ3v) is 5.15. The molecule has 1 heterocycles. The van der Waals surface area contributed by atoms with Crippen molar-refractivity contribution >= 4 is 11.7 Å². The second-order valence-electron chi connectivity index (χ2n) is 7.23. The van der Waals surface area contributed by atoms with E-state index in [4.69, 9.17) is 0 Å². The van der Waals surface area contributed by atoms with Gasteiger partial charge in [0.2, 0.25) is 0 Å². The lowest BCUT2D eigenvalue weighted by Gasteiger charge is -2.27. The summed E-state index contributed by atoms with van der Waals surface area (Å²) < 4.78 is 0. The van der Waals surface area contributed by atoms with Crippen LogP contribution in [0.5, 0.6) is 0 Å². The second kappa shape index (κ2) is 8.75. The number of ketones is 1. The van der Waals surface area contributed by atoms with E-state index in [9.17, 15) is 9.59 Å². The first-order valence-corrected chi connectivity index (χ1v) is 9.41.